The number of aliphatic hydroxyl groups excluding tert-OH is 1. The zero-order valence-electron chi connectivity index (χ0n) is 12.9. The number of carboxylic acids is 1. The van der Waals surface area contributed by atoms with Crippen LogP contribution in [0.5, 0.6) is 0 Å². The van der Waals surface area contributed by atoms with Gasteiger partial charge in [-0.3, -0.25) is 9.59 Å². The van der Waals surface area contributed by atoms with Crippen molar-refractivity contribution >= 4 is 30.4 Å². The largest absolute Gasteiger partial charge is 0.480 e. The van der Waals surface area contributed by atoms with E-state index < -0.39 is 42.5 Å². The molecule has 1 rings (SSSR count). The molecule has 0 heterocycles. The van der Waals surface area contributed by atoms with Crippen molar-refractivity contribution in [3.63, 3.8) is 0 Å². The third-order valence-corrected chi connectivity index (χ3v) is 3.64. The van der Waals surface area contributed by atoms with Gasteiger partial charge in [-0.2, -0.15) is 12.6 Å². The van der Waals surface area contributed by atoms with E-state index in [-0.39, 0.29) is 12.2 Å². The summed E-state index contributed by atoms with van der Waals surface area (Å²) < 4.78 is 0. The summed E-state index contributed by atoms with van der Waals surface area (Å²) in [7, 11) is 0. The van der Waals surface area contributed by atoms with Crippen LogP contribution in [0.1, 0.15) is 5.56 Å². The van der Waals surface area contributed by atoms with Crippen LogP contribution in [-0.2, 0) is 20.8 Å². The maximum absolute atomic E-state index is 12.3. The molecule has 6 N–H and O–H groups in total. The predicted octanol–water partition coefficient (Wildman–Crippen LogP) is -1.47. The molecule has 0 spiro atoms. The van der Waals surface area contributed by atoms with Crippen LogP contribution in [0.4, 0.5) is 0 Å². The number of amides is 2. The normalized spacial score (nSPS) is 14.3. The fourth-order valence-corrected chi connectivity index (χ4v) is 2.04. The number of thiol groups is 1. The fraction of sp³-hybridized carbons (Fsp3) is 0.400. The standard InChI is InChI=1S/C15H21N3O5S/c16-10(8-24)13(20)17-11(6-9-4-2-1-3-5-9)14(21)18-12(7-19)15(22)23/h1-5,10-12,19,24H,6-8,16H2,(H,17,20)(H,18,21)(H,22,23)/t10-,11-,12-/m0/s1. The molecule has 1 aromatic rings. The summed E-state index contributed by atoms with van der Waals surface area (Å²) in [6.07, 6.45) is 0.148. The van der Waals surface area contributed by atoms with Gasteiger partial charge < -0.3 is 26.6 Å². The SMILES string of the molecule is N[C@@H](CS)C(=O)N[C@@H](Cc1ccccc1)C(=O)N[C@@H](CO)C(=O)O. The third kappa shape index (κ3) is 6.19. The Labute approximate surface area is 144 Å². The molecule has 0 aliphatic heterocycles. The van der Waals surface area contributed by atoms with E-state index in [9.17, 15) is 14.4 Å². The smallest absolute Gasteiger partial charge is 0.328 e. The number of benzene rings is 1. The molecule has 0 aliphatic carbocycles. The van der Waals surface area contributed by atoms with Gasteiger partial charge in [0, 0.05) is 12.2 Å². The number of carbonyl (C=O) groups is 3. The monoisotopic (exact) mass is 355 g/mol. The molecule has 8 nitrogen and oxygen atoms in total. The summed E-state index contributed by atoms with van der Waals surface area (Å²) in [4.78, 5) is 35.2. The third-order valence-electron chi connectivity index (χ3n) is 3.25. The Morgan fingerprint density at radius 3 is 2.17 bits per heavy atom. The Morgan fingerprint density at radius 2 is 1.67 bits per heavy atom. The molecule has 0 aromatic heterocycles. The van der Waals surface area contributed by atoms with Crippen molar-refractivity contribution in [2.45, 2.75) is 24.5 Å². The van der Waals surface area contributed by atoms with Crippen LogP contribution >= 0.6 is 12.6 Å². The van der Waals surface area contributed by atoms with E-state index in [1.165, 1.54) is 0 Å². The molecule has 0 aliphatic rings. The molecule has 0 radical (unpaired) electrons. The van der Waals surface area contributed by atoms with Crippen LogP contribution in [0, 0.1) is 0 Å². The van der Waals surface area contributed by atoms with Gasteiger partial charge in [0.1, 0.15) is 12.1 Å². The molecule has 0 saturated carbocycles. The average Bonchev–Trinajstić information content (AvgIpc) is 2.58. The van der Waals surface area contributed by atoms with Gasteiger partial charge in [-0.15, -0.1) is 0 Å². The number of hydrogen-bond donors (Lipinski definition) is 6. The summed E-state index contributed by atoms with van der Waals surface area (Å²) in [5.41, 5.74) is 6.35. The van der Waals surface area contributed by atoms with E-state index in [2.05, 4.69) is 23.3 Å². The summed E-state index contributed by atoms with van der Waals surface area (Å²) in [6.45, 7) is -0.761. The number of carbonyl (C=O) groups excluding carboxylic acids is 2. The van der Waals surface area contributed by atoms with Crippen LogP contribution in [0.25, 0.3) is 0 Å². The van der Waals surface area contributed by atoms with Gasteiger partial charge in [-0.25, -0.2) is 4.79 Å². The molecule has 0 unspecified atom stereocenters. The minimum absolute atomic E-state index is 0.0971. The first-order valence-corrected chi connectivity index (χ1v) is 7.87. The zero-order chi connectivity index (χ0) is 18.1. The molecule has 2 amide bonds. The van der Waals surface area contributed by atoms with Gasteiger partial charge in [-0.05, 0) is 5.56 Å². The lowest BCUT2D eigenvalue weighted by Gasteiger charge is -2.22. The lowest BCUT2D eigenvalue weighted by Crippen LogP contribution is -2.56. The number of nitrogens with two attached hydrogens (primary N) is 1. The minimum Gasteiger partial charge on any atom is -0.480 e. The fourth-order valence-electron chi connectivity index (χ4n) is 1.88. The summed E-state index contributed by atoms with van der Waals surface area (Å²) in [5, 5.41) is 22.6. The Morgan fingerprint density at radius 1 is 1.08 bits per heavy atom. The van der Waals surface area contributed by atoms with Gasteiger partial charge in [-0.1, -0.05) is 30.3 Å². The first kappa shape index (κ1) is 19.9. The summed E-state index contributed by atoms with van der Waals surface area (Å²) in [6, 6.07) is 5.52. The number of nitrogens with one attached hydrogen (secondary N) is 2. The van der Waals surface area contributed by atoms with E-state index in [1.54, 1.807) is 30.3 Å². The highest BCUT2D eigenvalue weighted by atomic mass is 32.1. The molecule has 0 fully saturated rings. The number of aliphatic hydroxyl groups is 1. The number of carboxylic acid groups (broad SMARTS) is 1. The van der Waals surface area contributed by atoms with Gasteiger partial charge in [0.15, 0.2) is 0 Å². The van der Waals surface area contributed by atoms with E-state index in [0.717, 1.165) is 5.56 Å². The Balaban J connectivity index is 2.88. The van der Waals surface area contributed by atoms with Crippen molar-refractivity contribution in [2.24, 2.45) is 5.73 Å². The predicted molar refractivity (Wildman–Crippen MR) is 90.6 cm³/mol. The van der Waals surface area contributed by atoms with Crippen LogP contribution in [0.3, 0.4) is 0 Å². The second kappa shape index (κ2) is 9.91. The highest BCUT2D eigenvalue weighted by Crippen LogP contribution is 2.04. The molecule has 0 bridgehead atoms. The Kier molecular flexibility index (Phi) is 8.24. The van der Waals surface area contributed by atoms with Crippen LogP contribution in [0.2, 0.25) is 0 Å². The van der Waals surface area contributed by atoms with Gasteiger partial charge in [0.25, 0.3) is 0 Å². The van der Waals surface area contributed by atoms with Crippen LogP contribution in [-0.4, -0.2) is 58.5 Å². The summed E-state index contributed by atoms with van der Waals surface area (Å²) >= 11 is 3.93. The van der Waals surface area contributed by atoms with E-state index >= 15 is 0 Å². The van der Waals surface area contributed by atoms with Crippen molar-refractivity contribution in [1.29, 1.82) is 0 Å². The molecule has 9 heteroatoms. The number of hydrogen-bond acceptors (Lipinski definition) is 6. The topological polar surface area (TPSA) is 142 Å². The van der Waals surface area contributed by atoms with E-state index in [0.29, 0.717) is 0 Å². The van der Waals surface area contributed by atoms with E-state index in [4.69, 9.17) is 15.9 Å². The highest BCUT2D eigenvalue weighted by molar-refractivity contribution is 7.80. The molecule has 24 heavy (non-hydrogen) atoms. The van der Waals surface area contributed by atoms with Gasteiger partial charge in [0.05, 0.1) is 12.6 Å². The van der Waals surface area contributed by atoms with Crippen molar-refractivity contribution in [2.75, 3.05) is 12.4 Å². The second-order valence-corrected chi connectivity index (χ2v) is 5.49. The minimum atomic E-state index is -1.45. The Bertz CT molecular complexity index is 569. The number of rotatable bonds is 9. The van der Waals surface area contributed by atoms with Crippen molar-refractivity contribution < 1.29 is 24.6 Å². The van der Waals surface area contributed by atoms with E-state index in [1.807, 2.05) is 0 Å². The lowest BCUT2D eigenvalue weighted by atomic mass is 10.0. The molecular weight excluding hydrogens is 334 g/mol. The maximum Gasteiger partial charge on any atom is 0.328 e. The first-order valence-electron chi connectivity index (χ1n) is 7.23. The molecule has 132 valence electrons. The maximum atomic E-state index is 12.3. The Hall–Kier alpha value is -2.10. The molecule has 0 saturated heterocycles. The van der Waals surface area contributed by atoms with Gasteiger partial charge >= 0.3 is 5.97 Å². The van der Waals surface area contributed by atoms with Crippen LogP contribution in [0.15, 0.2) is 30.3 Å². The molecule has 1 aromatic carbocycles. The lowest BCUT2D eigenvalue weighted by molar-refractivity contribution is -0.143. The quantitative estimate of drug-likeness (QED) is 0.299. The molecule has 3 atom stereocenters. The summed E-state index contributed by atoms with van der Waals surface area (Å²) in [5.74, 6) is -2.57. The zero-order valence-corrected chi connectivity index (χ0v) is 13.8. The molecular formula is C15H21N3O5S. The van der Waals surface area contributed by atoms with Crippen molar-refractivity contribution in [1.82, 2.24) is 10.6 Å². The highest BCUT2D eigenvalue weighted by Gasteiger charge is 2.27. The first-order chi connectivity index (χ1) is 11.4. The van der Waals surface area contributed by atoms with Gasteiger partial charge in [0.2, 0.25) is 11.8 Å². The number of aliphatic carboxylic acids is 1. The second-order valence-electron chi connectivity index (χ2n) is 5.12. The van der Waals surface area contributed by atoms with Crippen molar-refractivity contribution in [3.8, 4) is 0 Å². The van der Waals surface area contributed by atoms with Crippen molar-refractivity contribution in [3.05, 3.63) is 35.9 Å². The van der Waals surface area contributed by atoms with Crippen LogP contribution < -0.4 is 16.4 Å². The average molecular weight is 355 g/mol.